The molecule has 1 atom stereocenters. The van der Waals surface area contributed by atoms with Crippen molar-refractivity contribution in [2.45, 2.75) is 64.5 Å². The van der Waals surface area contributed by atoms with Crippen molar-refractivity contribution in [3.05, 3.63) is 28.2 Å². The normalized spacial score (nSPS) is 28.2. The first-order valence-electron chi connectivity index (χ1n) is 10.9. The lowest BCUT2D eigenvalue weighted by atomic mass is 9.67. The lowest BCUT2D eigenvalue weighted by Gasteiger charge is -2.40. The second-order valence-corrected chi connectivity index (χ2v) is 10.9. The van der Waals surface area contributed by atoms with E-state index in [4.69, 9.17) is 4.74 Å². The fourth-order valence-corrected chi connectivity index (χ4v) is 5.41. The Morgan fingerprint density at radius 2 is 1.97 bits per heavy atom. The molecule has 3 aliphatic rings. The molecule has 0 bridgehead atoms. The highest BCUT2D eigenvalue weighted by atomic mass is 79.9. The molecule has 2 aliphatic heterocycles. The zero-order chi connectivity index (χ0) is 22.4. The molecule has 168 valence electrons. The summed E-state index contributed by atoms with van der Waals surface area (Å²) in [5, 5.41) is 5.88. The predicted molar refractivity (Wildman–Crippen MR) is 120 cm³/mol. The second kappa shape index (κ2) is 8.11. The number of carbonyl (C=O) groups excluding carboxylic acids is 3. The summed E-state index contributed by atoms with van der Waals surface area (Å²) in [7, 11) is 0. The Bertz CT molecular complexity index is 903. The van der Waals surface area contributed by atoms with E-state index in [1.165, 1.54) is 0 Å². The van der Waals surface area contributed by atoms with Crippen LogP contribution in [0, 0.1) is 11.3 Å². The molecule has 4 rings (SSSR count). The van der Waals surface area contributed by atoms with Gasteiger partial charge < -0.3 is 15.4 Å². The molecule has 1 aromatic carbocycles. The van der Waals surface area contributed by atoms with Crippen molar-refractivity contribution in [1.29, 1.82) is 0 Å². The van der Waals surface area contributed by atoms with E-state index in [1.807, 2.05) is 18.2 Å². The third-order valence-corrected chi connectivity index (χ3v) is 7.45. The standard InChI is InChI=1S/C23H30BrN3O4/c1-22(2,3)14-6-9-23(10-7-14)20(29)27(21(30)26-23)13-19(28)25-17-8-11-31-18-5-4-15(24)12-16(17)18/h4-5,12,14,17H,6-11,13H2,1-3H3,(H,25,28)(H,26,30). The van der Waals surface area contributed by atoms with Gasteiger partial charge in [0.05, 0.1) is 12.6 Å². The summed E-state index contributed by atoms with van der Waals surface area (Å²) in [6, 6.07) is 5.00. The highest BCUT2D eigenvalue weighted by Gasteiger charge is 2.53. The number of fused-ring (bicyclic) bond motifs is 1. The number of carbonyl (C=O) groups is 3. The summed E-state index contributed by atoms with van der Waals surface area (Å²) in [4.78, 5) is 39.6. The number of rotatable bonds is 3. The SMILES string of the molecule is CC(C)(C)C1CCC2(CC1)NC(=O)N(CC(=O)NC1CCOc3ccc(Br)cc31)C2=O. The number of benzene rings is 1. The number of nitrogens with one attached hydrogen (secondary N) is 2. The van der Waals surface area contributed by atoms with Gasteiger partial charge >= 0.3 is 6.03 Å². The van der Waals surface area contributed by atoms with Crippen molar-refractivity contribution in [3.63, 3.8) is 0 Å². The minimum atomic E-state index is -0.852. The maximum absolute atomic E-state index is 13.2. The molecule has 4 amide bonds. The average Bonchev–Trinajstić information content (AvgIpc) is 2.92. The monoisotopic (exact) mass is 491 g/mol. The Morgan fingerprint density at radius 3 is 2.65 bits per heavy atom. The minimum Gasteiger partial charge on any atom is -0.493 e. The van der Waals surface area contributed by atoms with Gasteiger partial charge in [0.1, 0.15) is 17.8 Å². The molecule has 0 aromatic heterocycles. The van der Waals surface area contributed by atoms with Crippen LogP contribution in [0.5, 0.6) is 5.75 Å². The molecule has 1 spiro atoms. The van der Waals surface area contributed by atoms with Crippen molar-refractivity contribution in [1.82, 2.24) is 15.5 Å². The smallest absolute Gasteiger partial charge is 0.325 e. The zero-order valence-corrected chi connectivity index (χ0v) is 19.9. The van der Waals surface area contributed by atoms with Crippen LogP contribution in [0.4, 0.5) is 4.79 Å². The molecule has 1 saturated carbocycles. The number of hydrogen-bond donors (Lipinski definition) is 2. The van der Waals surface area contributed by atoms with E-state index in [-0.39, 0.29) is 29.8 Å². The maximum atomic E-state index is 13.2. The van der Waals surface area contributed by atoms with Crippen LogP contribution >= 0.6 is 15.9 Å². The number of nitrogens with zero attached hydrogens (tertiary/aromatic N) is 1. The number of amides is 4. The third kappa shape index (κ3) is 4.31. The van der Waals surface area contributed by atoms with E-state index in [0.717, 1.165) is 33.5 Å². The van der Waals surface area contributed by atoms with Crippen LogP contribution in [0.2, 0.25) is 0 Å². The molecule has 2 fully saturated rings. The summed E-state index contributed by atoms with van der Waals surface area (Å²) in [6.07, 6.45) is 3.66. The van der Waals surface area contributed by atoms with Gasteiger partial charge in [0.25, 0.3) is 5.91 Å². The van der Waals surface area contributed by atoms with Crippen LogP contribution in [-0.4, -0.2) is 41.4 Å². The summed E-state index contributed by atoms with van der Waals surface area (Å²) in [6.45, 7) is 6.88. The Balaban J connectivity index is 1.40. The fourth-order valence-electron chi connectivity index (χ4n) is 5.03. The quantitative estimate of drug-likeness (QED) is 0.627. The van der Waals surface area contributed by atoms with Gasteiger partial charge in [-0.15, -0.1) is 0 Å². The summed E-state index contributed by atoms with van der Waals surface area (Å²) >= 11 is 3.45. The molecule has 0 radical (unpaired) electrons. The molecule has 1 saturated heterocycles. The van der Waals surface area contributed by atoms with Crippen LogP contribution in [0.15, 0.2) is 22.7 Å². The van der Waals surface area contributed by atoms with E-state index in [9.17, 15) is 14.4 Å². The first-order chi connectivity index (χ1) is 14.6. The molecule has 1 unspecified atom stereocenters. The van der Waals surface area contributed by atoms with E-state index in [2.05, 4.69) is 47.3 Å². The second-order valence-electron chi connectivity index (χ2n) is 9.98. The summed E-state index contributed by atoms with van der Waals surface area (Å²) < 4.78 is 6.57. The fraction of sp³-hybridized carbons (Fsp3) is 0.609. The van der Waals surface area contributed by atoms with Gasteiger partial charge in [-0.3, -0.25) is 14.5 Å². The van der Waals surface area contributed by atoms with E-state index >= 15 is 0 Å². The number of urea groups is 1. The van der Waals surface area contributed by atoms with E-state index < -0.39 is 11.6 Å². The topological polar surface area (TPSA) is 87.7 Å². The van der Waals surface area contributed by atoms with Crippen molar-refractivity contribution in [3.8, 4) is 5.75 Å². The van der Waals surface area contributed by atoms with Gasteiger partial charge in [-0.25, -0.2) is 4.79 Å². The van der Waals surface area contributed by atoms with Crippen LogP contribution in [0.3, 0.4) is 0 Å². The Kier molecular flexibility index (Phi) is 5.79. The molecule has 2 heterocycles. The molecule has 31 heavy (non-hydrogen) atoms. The van der Waals surface area contributed by atoms with Crippen LogP contribution in [0.1, 0.15) is 64.5 Å². The van der Waals surface area contributed by atoms with E-state index in [0.29, 0.717) is 31.8 Å². The van der Waals surface area contributed by atoms with Crippen molar-refractivity contribution in [2.75, 3.05) is 13.2 Å². The van der Waals surface area contributed by atoms with Crippen LogP contribution < -0.4 is 15.4 Å². The summed E-state index contributed by atoms with van der Waals surface area (Å²) in [5.74, 6) is 0.647. The molecule has 8 heteroatoms. The minimum absolute atomic E-state index is 0.182. The van der Waals surface area contributed by atoms with Gasteiger partial charge in [0, 0.05) is 16.5 Å². The first-order valence-corrected chi connectivity index (χ1v) is 11.7. The molecular weight excluding hydrogens is 462 g/mol. The van der Waals surface area contributed by atoms with Gasteiger partial charge in [-0.05, 0) is 55.2 Å². The Labute approximate surface area is 191 Å². The largest absolute Gasteiger partial charge is 0.493 e. The number of ether oxygens (including phenoxy) is 1. The van der Waals surface area contributed by atoms with Crippen molar-refractivity contribution in [2.24, 2.45) is 11.3 Å². The molecule has 7 nitrogen and oxygen atoms in total. The van der Waals surface area contributed by atoms with Crippen LogP contribution in [-0.2, 0) is 9.59 Å². The van der Waals surface area contributed by atoms with Gasteiger partial charge in [-0.2, -0.15) is 0 Å². The Morgan fingerprint density at radius 1 is 1.26 bits per heavy atom. The van der Waals surface area contributed by atoms with E-state index in [1.54, 1.807) is 0 Å². The zero-order valence-electron chi connectivity index (χ0n) is 18.3. The predicted octanol–water partition coefficient (Wildman–Crippen LogP) is 3.92. The molecule has 1 aromatic rings. The molecular formula is C23H30BrN3O4. The lowest BCUT2D eigenvalue weighted by molar-refractivity contribution is -0.136. The number of hydrogen-bond acceptors (Lipinski definition) is 4. The molecule has 2 N–H and O–H groups in total. The van der Waals surface area contributed by atoms with Gasteiger partial charge in [-0.1, -0.05) is 36.7 Å². The Hall–Kier alpha value is -2.09. The maximum Gasteiger partial charge on any atom is 0.325 e. The number of halogens is 1. The van der Waals surface area contributed by atoms with Gasteiger partial charge in [0.15, 0.2) is 0 Å². The highest BCUT2D eigenvalue weighted by molar-refractivity contribution is 9.10. The van der Waals surface area contributed by atoms with Crippen LogP contribution in [0.25, 0.3) is 0 Å². The highest BCUT2D eigenvalue weighted by Crippen LogP contribution is 2.43. The molecule has 1 aliphatic carbocycles. The van der Waals surface area contributed by atoms with Crippen molar-refractivity contribution < 1.29 is 19.1 Å². The first kappa shape index (κ1) is 22.1. The summed E-state index contributed by atoms with van der Waals surface area (Å²) in [5.41, 5.74) is 0.222. The lowest BCUT2D eigenvalue weighted by Crippen LogP contribution is -2.51. The third-order valence-electron chi connectivity index (χ3n) is 6.96. The average molecular weight is 492 g/mol. The van der Waals surface area contributed by atoms with Gasteiger partial charge in [0.2, 0.25) is 5.91 Å². The van der Waals surface area contributed by atoms with Crippen molar-refractivity contribution >= 4 is 33.8 Å². The number of imide groups is 1.